The number of hydrogen-bond acceptors (Lipinski definition) is 7. The van der Waals surface area contributed by atoms with Crippen LogP contribution >= 0.6 is 0 Å². The molecule has 0 amide bonds. The van der Waals surface area contributed by atoms with Crippen molar-refractivity contribution in [3.8, 4) is 28.7 Å². The lowest BCUT2D eigenvalue weighted by molar-refractivity contribution is 0.307. The second kappa shape index (κ2) is 6.43. The van der Waals surface area contributed by atoms with E-state index < -0.39 is 0 Å². The van der Waals surface area contributed by atoms with Crippen LogP contribution in [0, 0.1) is 0 Å². The fourth-order valence-electron chi connectivity index (χ4n) is 2.92. The second-order valence-electron chi connectivity index (χ2n) is 5.10. The fraction of sp³-hybridized carbons (Fsp3) is 0.278. The van der Waals surface area contributed by atoms with Crippen LogP contribution in [-0.2, 0) is 0 Å². The molecule has 7 heteroatoms. The molecule has 0 saturated carbocycles. The van der Waals surface area contributed by atoms with Gasteiger partial charge in [-0.1, -0.05) is 6.07 Å². The van der Waals surface area contributed by atoms with E-state index in [4.69, 9.17) is 28.1 Å². The Bertz CT molecular complexity index is 1000. The van der Waals surface area contributed by atoms with Gasteiger partial charge in [-0.25, -0.2) is 0 Å². The van der Waals surface area contributed by atoms with E-state index in [9.17, 15) is 4.79 Å². The molecule has 0 fully saturated rings. The maximum absolute atomic E-state index is 13.2. The summed E-state index contributed by atoms with van der Waals surface area (Å²) in [5.74, 6) is 1.38. The summed E-state index contributed by atoms with van der Waals surface area (Å²) in [4.78, 5) is 13.2. The Kier molecular flexibility index (Phi) is 4.31. The van der Waals surface area contributed by atoms with Crippen LogP contribution in [-0.4, -0.2) is 35.5 Å². The highest BCUT2D eigenvalue weighted by atomic mass is 16.5. The molecule has 0 spiro atoms. The van der Waals surface area contributed by atoms with E-state index in [2.05, 4.69) is 0 Å². The molecule has 0 N–H and O–H groups in total. The van der Waals surface area contributed by atoms with Gasteiger partial charge in [-0.15, -0.1) is 0 Å². The van der Waals surface area contributed by atoms with Crippen LogP contribution in [0.2, 0.25) is 0 Å². The molecule has 0 unspecified atom stereocenters. The van der Waals surface area contributed by atoms with Crippen molar-refractivity contribution in [2.24, 2.45) is 0 Å². The van der Waals surface area contributed by atoms with Crippen LogP contribution in [0.4, 0.5) is 0 Å². The maximum atomic E-state index is 13.2. The monoisotopic (exact) mass is 346 g/mol. The normalized spacial score (nSPS) is 10.8. The number of ether oxygens (including phenoxy) is 5. The van der Waals surface area contributed by atoms with Crippen molar-refractivity contribution in [3.63, 3.8) is 0 Å². The second-order valence-corrected chi connectivity index (χ2v) is 5.10. The molecule has 0 aliphatic carbocycles. The topological polar surface area (TPSA) is 76.4 Å². The molecule has 3 rings (SSSR count). The molecule has 0 bridgehead atoms. The molecule has 0 atom stereocenters. The average molecular weight is 346 g/mol. The summed E-state index contributed by atoms with van der Waals surface area (Å²) in [6, 6.07) is 5.11. The molecule has 1 aromatic heterocycles. The van der Waals surface area contributed by atoms with Gasteiger partial charge in [-0.2, -0.15) is 0 Å². The zero-order chi connectivity index (χ0) is 18.1. The Morgan fingerprint density at radius 2 is 1.32 bits per heavy atom. The highest BCUT2D eigenvalue weighted by molar-refractivity contribution is 6.01. The van der Waals surface area contributed by atoms with Crippen LogP contribution in [0.3, 0.4) is 0 Å². The van der Waals surface area contributed by atoms with Crippen LogP contribution in [0.5, 0.6) is 28.7 Å². The average Bonchev–Trinajstić information content (AvgIpc) is 2.65. The van der Waals surface area contributed by atoms with Gasteiger partial charge in [-0.3, -0.25) is 4.79 Å². The molecule has 1 heterocycles. The minimum Gasteiger partial charge on any atom is -0.496 e. The lowest BCUT2D eigenvalue weighted by Crippen LogP contribution is -2.08. The minimum atomic E-state index is -0.315. The van der Waals surface area contributed by atoms with Gasteiger partial charge in [-0.05, 0) is 12.1 Å². The quantitative estimate of drug-likeness (QED) is 0.657. The van der Waals surface area contributed by atoms with Crippen molar-refractivity contribution < 1.29 is 28.1 Å². The molecular weight excluding hydrogens is 328 g/mol. The predicted molar refractivity (Wildman–Crippen MR) is 92.8 cm³/mol. The van der Waals surface area contributed by atoms with Crippen molar-refractivity contribution >= 4 is 21.9 Å². The van der Waals surface area contributed by atoms with E-state index in [1.807, 2.05) is 0 Å². The highest BCUT2D eigenvalue weighted by Crippen LogP contribution is 2.50. The summed E-state index contributed by atoms with van der Waals surface area (Å²) >= 11 is 0. The van der Waals surface area contributed by atoms with E-state index in [0.29, 0.717) is 16.7 Å². The lowest BCUT2D eigenvalue weighted by Gasteiger charge is -2.18. The first-order chi connectivity index (χ1) is 12.1. The van der Waals surface area contributed by atoms with Gasteiger partial charge >= 0.3 is 0 Å². The van der Waals surface area contributed by atoms with Crippen molar-refractivity contribution in [1.29, 1.82) is 0 Å². The molecular formula is C18H18O7. The highest BCUT2D eigenvalue weighted by Gasteiger charge is 2.28. The molecule has 0 radical (unpaired) electrons. The number of fused-ring (bicyclic) bond motifs is 2. The molecule has 0 aliphatic rings. The van der Waals surface area contributed by atoms with E-state index >= 15 is 0 Å². The molecule has 3 aromatic rings. The van der Waals surface area contributed by atoms with Gasteiger partial charge in [0.15, 0.2) is 11.3 Å². The largest absolute Gasteiger partial charge is 0.496 e. The minimum absolute atomic E-state index is 0.189. The zero-order valence-corrected chi connectivity index (χ0v) is 14.6. The first kappa shape index (κ1) is 16.8. The van der Waals surface area contributed by atoms with Crippen LogP contribution in [0.1, 0.15) is 0 Å². The van der Waals surface area contributed by atoms with Crippen molar-refractivity contribution in [1.82, 2.24) is 0 Å². The SMILES string of the molecule is COc1c(OC)c(OC)c2c(=O)c3c(OC)cccc3oc2c1OC. The molecule has 25 heavy (non-hydrogen) atoms. The Morgan fingerprint density at radius 1 is 0.720 bits per heavy atom. The van der Waals surface area contributed by atoms with Crippen molar-refractivity contribution in [2.45, 2.75) is 0 Å². The van der Waals surface area contributed by atoms with Gasteiger partial charge in [0.2, 0.25) is 22.7 Å². The van der Waals surface area contributed by atoms with E-state index in [0.717, 1.165) is 0 Å². The van der Waals surface area contributed by atoms with Gasteiger partial charge < -0.3 is 28.1 Å². The summed E-state index contributed by atoms with van der Waals surface area (Å²) in [5.41, 5.74) is 0.261. The van der Waals surface area contributed by atoms with Crippen molar-refractivity contribution in [3.05, 3.63) is 28.4 Å². The zero-order valence-electron chi connectivity index (χ0n) is 14.6. The maximum Gasteiger partial charge on any atom is 0.211 e. The number of hydrogen-bond donors (Lipinski definition) is 0. The van der Waals surface area contributed by atoms with Crippen LogP contribution < -0.4 is 29.1 Å². The summed E-state index contributed by atoms with van der Waals surface area (Å²) in [6.45, 7) is 0. The van der Waals surface area contributed by atoms with Gasteiger partial charge in [0.05, 0.1) is 35.5 Å². The first-order valence-corrected chi connectivity index (χ1v) is 7.42. The smallest absolute Gasteiger partial charge is 0.211 e. The summed E-state index contributed by atoms with van der Waals surface area (Å²) in [6.07, 6.45) is 0. The van der Waals surface area contributed by atoms with E-state index in [1.165, 1.54) is 35.5 Å². The van der Waals surface area contributed by atoms with Gasteiger partial charge in [0, 0.05) is 0 Å². The Balaban J connectivity index is 2.66. The first-order valence-electron chi connectivity index (χ1n) is 7.42. The number of rotatable bonds is 5. The molecule has 2 aromatic carbocycles. The van der Waals surface area contributed by atoms with Crippen LogP contribution in [0.15, 0.2) is 27.4 Å². The Hall–Kier alpha value is -3.09. The third-order valence-electron chi connectivity index (χ3n) is 3.97. The fourth-order valence-corrected chi connectivity index (χ4v) is 2.92. The van der Waals surface area contributed by atoms with Gasteiger partial charge in [0.25, 0.3) is 0 Å². The summed E-state index contributed by atoms with van der Waals surface area (Å²) in [5, 5.41) is 0.499. The molecule has 0 aliphatic heterocycles. The summed E-state index contributed by atoms with van der Waals surface area (Å²) in [7, 11) is 7.31. The Morgan fingerprint density at radius 3 is 1.88 bits per heavy atom. The third-order valence-corrected chi connectivity index (χ3v) is 3.97. The predicted octanol–water partition coefficient (Wildman–Crippen LogP) is 2.99. The standard InChI is InChI=1S/C18H18O7/c1-20-9-7-6-8-10-11(9)13(19)12-14(21-2)16(22-3)18(24-5)17(23-4)15(12)25-10/h6-8H,1-5H3. The summed E-state index contributed by atoms with van der Waals surface area (Å²) < 4.78 is 32.9. The Labute approximate surface area is 143 Å². The lowest BCUT2D eigenvalue weighted by atomic mass is 10.1. The van der Waals surface area contributed by atoms with E-state index in [-0.39, 0.29) is 39.4 Å². The molecule has 7 nitrogen and oxygen atoms in total. The number of methoxy groups -OCH3 is 5. The van der Waals surface area contributed by atoms with Crippen molar-refractivity contribution in [2.75, 3.05) is 35.5 Å². The number of benzene rings is 2. The molecule has 0 saturated heterocycles. The third kappa shape index (κ3) is 2.31. The van der Waals surface area contributed by atoms with E-state index in [1.54, 1.807) is 18.2 Å². The van der Waals surface area contributed by atoms with Crippen LogP contribution in [0.25, 0.3) is 21.9 Å². The molecule has 132 valence electrons. The van der Waals surface area contributed by atoms with Gasteiger partial charge in [0.1, 0.15) is 22.1 Å².